The molecule has 1 unspecified atom stereocenters. The highest BCUT2D eigenvalue weighted by molar-refractivity contribution is 4.93. The Morgan fingerprint density at radius 3 is 3.07 bits per heavy atom. The normalized spacial score (nSPS) is 19.2. The molecular formula is C11H19N3. The number of H-pyrrole nitrogens is 1. The summed E-state index contributed by atoms with van der Waals surface area (Å²) in [7, 11) is 0. The molecule has 1 atom stereocenters. The van der Waals surface area contributed by atoms with Crippen molar-refractivity contribution in [1.82, 2.24) is 15.3 Å². The second-order valence-corrected chi connectivity index (χ2v) is 4.39. The van der Waals surface area contributed by atoms with Gasteiger partial charge in [0, 0.05) is 24.5 Å². The summed E-state index contributed by atoms with van der Waals surface area (Å²) in [4.78, 5) is 7.09. The largest absolute Gasteiger partial charge is 0.347 e. The number of aromatic amines is 1. The SMILES string of the molecule is CC(CC1CCC1)NCc1cnc[nH]1. The number of nitrogens with zero attached hydrogens (tertiary/aromatic N) is 1. The predicted molar refractivity (Wildman–Crippen MR) is 56.8 cm³/mol. The molecule has 2 rings (SSSR count). The van der Waals surface area contributed by atoms with Crippen LogP contribution in [0.15, 0.2) is 12.5 Å². The Kier molecular flexibility index (Phi) is 3.19. The lowest BCUT2D eigenvalue weighted by Gasteiger charge is -2.28. The number of hydrogen-bond donors (Lipinski definition) is 2. The van der Waals surface area contributed by atoms with Crippen LogP contribution in [-0.2, 0) is 6.54 Å². The number of imidazole rings is 1. The molecule has 1 heterocycles. The van der Waals surface area contributed by atoms with Gasteiger partial charge in [-0.2, -0.15) is 0 Å². The summed E-state index contributed by atoms with van der Waals surface area (Å²) in [5, 5.41) is 3.51. The maximum atomic E-state index is 3.99. The van der Waals surface area contributed by atoms with E-state index in [9.17, 15) is 0 Å². The van der Waals surface area contributed by atoms with Crippen molar-refractivity contribution in [3.63, 3.8) is 0 Å². The van der Waals surface area contributed by atoms with E-state index in [1.807, 2.05) is 6.20 Å². The van der Waals surface area contributed by atoms with Crippen LogP contribution in [0.25, 0.3) is 0 Å². The first-order valence-electron chi connectivity index (χ1n) is 5.55. The molecule has 78 valence electrons. The molecule has 3 heteroatoms. The number of aromatic nitrogens is 2. The fourth-order valence-electron chi connectivity index (χ4n) is 1.98. The van der Waals surface area contributed by atoms with Gasteiger partial charge in [0.15, 0.2) is 0 Å². The van der Waals surface area contributed by atoms with E-state index in [4.69, 9.17) is 0 Å². The van der Waals surface area contributed by atoms with Gasteiger partial charge in [0.1, 0.15) is 0 Å². The van der Waals surface area contributed by atoms with Crippen molar-refractivity contribution in [3.05, 3.63) is 18.2 Å². The molecular weight excluding hydrogens is 174 g/mol. The van der Waals surface area contributed by atoms with Gasteiger partial charge in [-0.05, 0) is 19.3 Å². The van der Waals surface area contributed by atoms with Gasteiger partial charge in [-0.15, -0.1) is 0 Å². The van der Waals surface area contributed by atoms with E-state index >= 15 is 0 Å². The molecule has 0 aliphatic heterocycles. The molecule has 1 aliphatic carbocycles. The van der Waals surface area contributed by atoms with Crippen molar-refractivity contribution >= 4 is 0 Å². The average molecular weight is 193 g/mol. The first kappa shape index (κ1) is 9.71. The molecule has 0 radical (unpaired) electrons. The van der Waals surface area contributed by atoms with E-state index in [0.717, 1.165) is 12.5 Å². The van der Waals surface area contributed by atoms with Gasteiger partial charge >= 0.3 is 0 Å². The van der Waals surface area contributed by atoms with E-state index in [1.54, 1.807) is 6.33 Å². The minimum atomic E-state index is 0.628. The van der Waals surface area contributed by atoms with Crippen LogP contribution >= 0.6 is 0 Å². The first-order chi connectivity index (χ1) is 6.84. The van der Waals surface area contributed by atoms with E-state index in [-0.39, 0.29) is 0 Å². The van der Waals surface area contributed by atoms with Gasteiger partial charge in [-0.1, -0.05) is 19.3 Å². The standard InChI is InChI=1S/C11H19N3/c1-9(5-10-3-2-4-10)13-7-11-6-12-8-14-11/h6,8-10,13H,2-5,7H2,1H3,(H,12,14). The second kappa shape index (κ2) is 4.60. The van der Waals surface area contributed by atoms with Crippen LogP contribution in [0.4, 0.5) is 0 Å². The molecule has 1 aliphatic rings. The Labute approximate surface area is 85.3 Å². The van der Waals surface area contributed by atoms with E-state index in [2.05, 4.69) is 22.2 Å². The third kappa shape index (κ3) is 2.58. The molecule has 14 heavy (non-hydrogen) atoms. The smallest absolute Gasteiger partial charge is 0.0922 e. The summed E-state index contributed by atoms with van der Waals surface area (Å²) < 4.78 is 0. The fraction of sp³-hybridized carbons (Fsp3) is 0.727. The molecule has 0 amide bonds. The van der Waals surface area contributed by atoms with Crippen molar-refractivity contribution in [2.24, 2.45) is 5.92 Å². The molecule has 0 saturated heterocycles. The van der Waals surface area contributed by atoms with Gasteiger partial charge in [0.25, 0.3) is 0 Å². The van der Waals surface area contributed by atoms with Crippen molar-refractivity contribution < 1.29 is 0 Å². The van der Waals surface area contributed by atoms with E-state index in [0.29, 0.717) is 6.04 Å². The summed E-state index contributed by atoms with van der Waals surface area (Å²) in [5.74, 6) is 0.985. The maximum absolute atomic E-state index is 3.99. The fourth-order valence-corrected chi connectivity index (χ4v) is 1.98. The van der Waals surface area contributed by atoms with Crippen LogP contribution in [0.1, 0.15) is 38.3 Å². The van der Waals surface area contributed by atoms with Gasteiger partial charge in [0.2, 0.25) is 0 Å². The van der Waals surface area contributed by atoms with Crippen LogP contribution in [-0.4, -0.2) is 16.0 Å². The topological polar surface area (TPSA) is 40.7 Å². The third-order valence-electron chi connectivity index (χ3n) is 3.11. The molecule has 1 aromatic heterocycles. The van der Waals surface area contributed by atoms with Gasteiger partial charge in [-0.3, -0.25) is 0 Å². The van der Waals surface area contributed by atoms with Crippen LogP contribution in [0.5, 0.6) is 0 Å². The molecule has 2 N–H and O–H groups in total. The Morgan fingerprint density at radius 1 is 1.64 bits per heavy atom. The summed E-state index contributed by atoms with van der Waals surface area (Å²) in [6.07, 6.45) is 9.26. The zero-order valence-corrected chi connectivity index (χ0v) is 8.79. The van der Waals surface area contributed by atoms with E-state index in [1.165, 1.54) is 31.4 Å². The van der Waals surface area contributed by atoms with Crippen LogP contribution in [0, 0.1) is 5.92 Å². The van der Waals surface area contributed by atoms with Crippen LogP contribution in [0.3, 0.4) is 0 Å². The molecule has 3 nitrogen and oxygen atoms in total. The zero-order valence-electron chi connectivity index (χ0n) is 8.79. The molecule has 1 saturated carbocycles. The van der Waals surface area contributed by atoms with Gasteiger partial charge in [-0.25, -0.2) is 4.98 Å². The summed E-state index contributed by atoms with van der Waals surface area (Å²) in [5.41, 5.74) is 1.17. The van der Waals surface area contributed by atoms with Crippen molar-refractivity contribution in [1.29, 1.82) is 0 Å². The Morgan fingerprint density at radius 2 is 2.50 bits per heavy atom. The Bertz CT molecular complexity index is 252. The highest BCUT2D eigenvalue weighted by atomic mass is 14.9. The highest BCUT2D eigenvalue weighted by Crippen LogP contribution is 2.30. The minimum absolute atomic E-state index is 0.628. The lowest BCUT2D eigenvalue weighted by Crippen LogP contribution is -2.29. The molecule has 0 aromatic carbocycles. The number of nitrogens with one attached hydrogen (secondary N) is 2. The van der Waals surface area contributed by atoms with Crippen molar-refractivity contribution in [2.45, 2.75) is 45.2 Å². The molecule has 1 aromatic rings. The number of hydrogen-bond acceptors (Lipinski definition) is 2. The van der Waals surface area contributed by atoms with Crippen LogP contribution in [0.2, 0.25) is 0 Å². The maximum Gasteiger partial charge on any atom is 0.0922 e. The summed E-state index contributed by atoms with van der Waals surface area (Å²) >= 11 is 0. The van der Waals surface area contributed by atoms with Gasteiger partial charge in [0.05, 0.1) is 6.33 Å². The second-order valence-electron chi connectivity index (χ2n) is 4.39. The Hall–Kier alpha value is -0.830. The quantitative estimate of drug-likeness (QED) is 0.751. The number of rotatable bonds is 5. The highest BCUT2D eigenvalue weighted by Gasteiger charge is 2.19. The lowest BCUT2D eigenvalue weighted by atomic mass is 9.81. The van der Waals surface area contributed by atoms with Crippen LogP contribution < -0.4 is 5.32 Å². The Balaban J connectivity index is 1.64. The first-order valence-corrected chi connectivity index (χ1v) is 5.55. The predicted octanol–water partition coefficient (Wildman–Crippen LogP) is 2.08. The van der Waals surface area contributed by atoms with Crippen molar-refractivity contribution in [2.75, 3.05) is 0 Å². The zero-order chi connectivity index (χ0) is 9.80. The molecule has 0 spiro atoms. The monoisotopic (exact) mass is 193 g/mol. The summed E-state index contributed by atoms with van der Waals surface area (Å²) in [6, 6.07) is 0.628. The lowest BCUT2D eigenvalue weighted by molar-refractivity contribution is 0.265. The third-order valence-corrected chi connectivity index (χ3v) is 3.11. The van der Waals surface area contributed by atoms with E-state index < -0.39 is 0 Å². The summed E-state index contributed by atoms with van der Waals surface area (Å²) in [6.45, 7) is 3.18. The minimum Gasteiger partial charge on any atom is -0.347 e. The molecule has 1 fully saturated rings. The van der Waals surface area contributed by atoms with Crippen molar-refractivity contribution in [3.8, 4) is 0 Å². The van der Waals surface area contributed by atoms with Gasteiger partial charge < -0.3 is 10.3 Å². The molecule has 0 bridgehead atoms. The average Bonchev–Trinajstić information content (AvgIpc) is 2.60.